The van der Waals surface area contributed by atoms with E-state index >= 15 is 0 Å². The number of carbonyl (C=O) groups excluding carboxylic acids is 3. The van der Waals surface area contributed by atoms with Crippen LogP contribution in [0.5, 0.6) is 5.75 Å². The van der Waals surface area contributed by atoms with Gasteiger partial charge in [-0.05, 0) is 32.8 Å². The number of carboxylic acids is 2. The number of aromatic nitrogens is 1. The van der Waals surface area contributed by atoms with Crippen LogP contribution in [0.15, 0.2) is 65.9 Å². The quantitative estimate of drug-likeness (QED) is 0.0220. The fourth-order valence-corrected chi connectivity index (χ4v) is 7.00. The van der Waals surface area contributed by atoms with Crippen LogP contribution >= 0.6 is 23.7 Å². The molecule has 4 heterocycles. The number of oxime groups is 1. The van der Waals surface area contributed by atoms with Crippen molar-refractivity contribution in [3.8, 4) is 5.75 Å². The molecule has 24 heteroatoms. The third kappa shape index (κ3) is 10.6. The van der Waals surface area contributed by atoms with Crippen LogP contribution in [0, 0.1) is 0 Å². The van der Waals surface area contributed by atoms with Gasteiger partial charge in [-0.25, -0.2) is 19.0 Å². The second-order valence-corrected chi connectivity index (χ2v) is 15.0. The lowest BCUT2D eigenvalue weighted by atomic mass is 10.0. The topological polar surface area (TPSA) is 329 Å². The number of aromatic hydroxyl groups is 1. The van der Waals surface area contributed by atoms with Crippen molar-refractivity contribution in [3.05, 3.63) is 62.5 Å². The maximum atomic E-state index is 13.5. The van der Waals surface area contributed by atoms with Gasteiger partial charge in [0.15, 0.2) is 11.5 Å². The molecule has 3 amide bonds. The molecule has 308 valence electrons. The average Bonchev–Trinajstić information content (AvgIpc) is 3.15. The Balaban J connectivity index is 1.44. The number of carboxylic acid groups (broad SMARTS) is 2. The van der Waals surface area contributed by atoms with Gasteiger partial charge in [-0.1, -0.05) is 24.6 Å². The number of pyridine rings is 1. The van der Waals surface area contributed by atoms with Crippen molar-refractivity contribution in [2.45, 2.75) is 57.6 Å². The third-order valence-corrected chi connectivity index (χ3v) is 10.4. The predicted molar refractivity (Wildman–Crippen MR) is 209 cm³/mol. The number of nitrogens with two attached hydrogens (primary N) is 2. The Hall–Kier alpha value is -6.17. The largest absolute Gasteiger partial charge is 0.503 e. The average molecular weight is 834 g/mol. The summed E-state index contributed by atoms with van der Waals surface area (Å²) in [6.07, 6.45) is 5.58. The maximum Gasteiger partial charge on any atom is 0.352 e. The number of hydrogen-bond acceptors (Lipinski definition) is 18. The Kier molecular flexibility index (Phi) is 14.2. The van der Waals surface area contributed by atoms with Gasteiger partial charge in [0.05, 0.1) is 22.6 Å². The molecule has 0 saturated carbocycles. The highest BCUT2D eigenvalue weighted by atomic mass is 32.2. The molecule has 11 N–H and O–H groups in total. The summed E-state index contributed by atoms with van der Waals surface area (Å²) in [7, 11) is 0. The minimum Gasteiger partial charge on any atom is -0.503 e. The predicted octanol–water partition coefficient (Wildman–Crippen LogP) is -0.734. The van der Waals surface area contributed by atoms with Gasteiger partial charge < -0.3 is 57.7 Å². The van der Waals surface area contributed by atoms with Gasteiger partial charge in [-0.2, -0.15) is 4.73 Å². The molecule has 1 fully saturated rings. The Morgan fingerprint density at radius 3 is 2.60 bits per heavy atom. The SMILES string of the molecule is CCC/C=C(\N)SN=C(C)/C(=N/OC(C)(C)C(=O)O)C(=O)N[C@@H]1C(=O)N2C(C(=O)O)=C(CN3C=C(NCCNC(=O)c4cc(=O)c(O)cn4O)C(N)=NC3)CSC12. The van der Waals surface area contributed by atoms with Crippen molar-refractivity contribution in [1.82, 2.24) is 30.5 Å². The molecular formula is C33H43N11O11S2. The number of allylic oxidation sites excluding steroid dienone is 1. The van der Waals surface area contributed by atoms with Crippen LogP contribution in [-0.2, 0) is 24.0 Å². The molecule has 0 aliphatic carbocycles. The molecule has 0 bridgehead atoms. The van der Waals surface area contributed by atoms with E-state index in [9.17, 15) is 49.3 Å². The van der Waals surface area contributed by atoms with Gasteiger partial charge in [-0.15, -0.1) is 11.8 Å². The van der Waals surface area contributed by atoms with Gasteiger partial charge >= 0.3 is 11.9 Å². The Bertz CT molecular complexity index is 2060. The van der Waals surface area contributed by atoms with E-state index < -0.39 is 69.3 Å². The molecule has 0 radical (unpaired) electrons. The monoisotopic (exact) mass is 833 g/mol. The molecule has 4 rings (SSSR count). The highest BCUT2D eigenvalue weighted by Gasteiger charge is 2.54. The summed E-state index contributed by atoms with van der Waals surface area (Å²) < 4.78 is 4.53. The first-order valence-electron chi connectivity index (χ1n) is 17.2. The summed E-state index contributed by atoms with van der Waals surface area (Å²) in [4.78, 5) is 87.4. The molecule has 1 unspecified atom stereocenters. The molecule has 1 aromatic rings. The van der Waals surface area contributed by atoms with Crippen molar-refractivity contribution in [2.75, 3.05) is 32.1 Å². The third-order valence-electron chi connectivity index (χ3n) is 8.27. The fraction of sp³-hybridized carbons (Fsp3) is 0.424. The smallest absolute Gasteiger partial charge is 0.352 e. The second-order valence-electron chi connectivity index (χ2n) is 13.0. The van der Waals surface area contributed by atoms with Crippen molar-refractivity contribution < 1.29 is 49.3 Å². The summed E-state index contributed by atoms with van der Waals surface area (Å²) in [5.41, 5.74) is 9.02. The molecular weight excluding hydrogens is 791 g/mol. The highest BCUT2D eigenvalue weighted by molar-refractivity contribution is 8.02. The fourth-order valence-electron chi connectivity index (χ4n) is 5.14. The first-order valence-corrected chi connectivity index (χ1v) is 19.0. The number of unbranched alkanes of at least 4 members (excludes halogenated alkanes) is 1. The molecule has 1 aromatic heterocycles. The lowest BCUT2D eigenvalue weighted by molar-refractivity contribution is -0.161. The number of aliphatic imine (C=N–C) groups is 1. The number of hydrogen-bond donors (Lipinski definition) is 9. The van der Waals surface area contributed by atoms with E-state index in [1.165, 1.54) is 32.5 Å². The number of nitrogens with one attached hydrogen (secondary N) is 3. The van der Waals surface area contributed by atoms with Crippen molar-refractivity contribution in [1.29, 1.82) is 0 Å². The molecule has 57 heavy (non-hydrogen) atoms. The van der Waals surface area contributed by atoms with Crippen LogP contribution < -0.4 is 32.8 Å². The van der Waals surface area contributed by atoms with Crippen molar-refractivity contribution >= 4 is 70.6 Å². The molecule has 0 spiro atoms. The van der Waals surface area contributed by atoms with Crippen LogP contribution in [0.1, 0.15) is 51.0 Å². The Labute approximate surface area is 333 Å². The van der Waals surface area contributed by atoms with Gasteiger partial charge in [-0.3, -0.25) is 24.1 Å². The second kappa shape index (κ2) is 18.6. The number of aliphatic carboxylic acids is 2. The number of β-lactam (4-membered cyclic amide) rings is 1. The molecule has 1 saturated heterocycles. The Morgan fingerprint density at radius 2 is 1.93 bits per heavy atom. The number of carbonyl (C=O) groups is 5. The van der Waals surface area contributed by atoms with Gasteiger partial charge in [0.1, 0.15) is 35.3 Å². The highest BCUT2D eigenvalue weighted by Crippen LogP contribution is 2.40. The number of amidine groups is 1. The van der Waals surface area contributed by atoms with E-state index in [1.54, 1.807) is 17.2 Å². The standard InChI is InChI=1S/C33H43N11O11S2/c1-5-6-7-22(34)57-41-16(2)23(40-55-33(3,4)32(52)53)28(48)39-24-29(49)44-25(31(50)51)17(14-56-30(24)44)11-42-12-18(26(35)38-15-42)36-8-9-37-27(47)19-10-20(45)21(46)13-43(19)54/h7,10,12-13,24,30,36,46,54H,5-6,8-9,11,14-15,34H2,1-4H3,(H2,35,38)(H,37,47)(H,39,48)(H,50,51)(H,52,53)/b22-7+,40-23-,41-16?/t24-,30?/m1/s1. The van der Waals surface area contributed by atoms with Gasteiger partial charge in [0.2, 0.25) is 11.0 Å². The van der Waals surface area contributed by atoms with Gasteiger partial charge in [0, 0.05) is 49.6 Å². The normalized spacial score (nSPS) is 18.9. The minimum atomic E-state index is -1.82. The number of rotatable bonds is 18. The van der Waals surface area contributed by atoms with Crippen LogP contribution in [0.25, 0.3) is 0 Å². The zero-order chi connectivity index (χ0) is 42.2. The molecule has 22 nitrogen and oxygen atoms in total. The van der Waals surface area contributed by atoms with E-state index in [-0.39, 0.29) is 49.3 Å². The van der Waals surface area contributed by atoms with Crippen LogP contribution in [0.2, 0.25) is 0 Å². The van der Waals surface area contributed by atoms with E-state index in [2.05, 4.69) is 30.5 Å². The van der Waals surface area contributed by atoms with Crippen LogP contribution in [0.3, 0.4) is 0 Å². The number of thioether (sulfide) groups is 1. The summed E-state index contributed by atoms with van der Waals surface area (Å²) in [5.74, 6) is -5.57. The molecule has 3 aliphatic rings. The summed E-state index contributed by atoms with van der Waals surface area (Å²) in [5, 5.41) is 50.3. The number of amides is 3. The lowest BCUT2D eigenvalue weighted by Crippen LogP contribution is -2.71. The lowest BCUT2D eigenvalue weighted by Gasteiger charge is -2.49. The first-order chi connectivity index (χ1) is 26.9. The van der Waals surface area contributed by atoms with Crippen molar-refractivity contribution in [3.63, 3.8) is 0 Å². The Morgan fingerprint density at radius 1 is 1.21 bits per heavy atom. The van der Waals surface area contributed by atoms with E-state index in [0.717, 1.165) is 29.3 Å². The molecule has 0 aromatic carbocycles. The van der Waals surface area contributed by atoms with E-state index in [4.69, 9.17) is 16.3 Å². The van der Waals surface area contributed by atoms with Crippen LogP contribution in [-0.4, -0.2) is 131 Å². The van der Waals surface area contributed by atoms with Gasteiger partial charge in [0.25, 0.3) is 17.7 Å². The molecule has 2 atom stereocenters. The van der Waals surface area contributed by atoms with E-state index in [0.29, 0.717) is 33.6 Å². The first kappa shape index (κ1) is 43.6. The zero-order valence-corrected chi connectivity index (χ0v) is 32.8. The summed E-state index contributed by atoms with van der Waals surface area (Å²) in [6.45, 7) is 6.08. The summed E-state index contributed by atoms with van der Waals surface area (Å²) in [6, 6.07) is -0.391. The number of nitrogens with zero attached hydrogens (tertiary/aromatic N) is 6. The maximum absolute atomic E-state index is 13.5. The molecule has 3 aliphatic heterocycles. The zero-order valence-electron chi connectivity index (χ0n) is 31.2. The van der Waals surface area contributed by atoms with E-state index in [1.807, 2.05) is 6.92 Å². The van der Waals surface area contributed by atoms with Crippen LogP contribution in [0.4, 0.5) is 0 Å². The van der Waals surface area contributed by atoms with Crippen molar-refractivity contribution in [2.24, 2.45) is 26.0 Å². The minimum absolute atomic E-state index is 0.0106. The summed E-state index contributed by atoms with van der Waals surface area (Å²) >= 11 is 2.08. The number of fused-ring (bicyclic) bond motifs is 1.